The Morgan fingerprint density at radius 1 is 0.519 bits per heavy atom. The van der Waals surface area contributed by atoms with Crippen molar-refractivity contribution in [3.63, 3.8) is 0 Å². The van der Waals surface area contributed by atoms with Crippen LogP contribution in [0.5, 0.6) is 0 Å². The minimum Gasteiger partial charge on any atom is -0.466 e. The van der Waals surface area contributed by atoms with Crippen molar-refractivity contribution in [2.75, 3.05) is 13.2 Å². The Hall–Kier alpha value is -1.40. The second kappa shape index (κ2) is 42.3. The summed E-state index contributed by atoms with van der Waals surface area (Å²) >= 11 is 0. The Balaban J connectivity index is 3.49. The summed E-state index contributed by atoms with van der Waals surface area (Å²) in [6.45, 7) is 4.84. The molecule has 0 saturated heterocycles. The number of aliphatic hydroxyl groups is 2. The SMILES string of the molecule is CCCCCCCCCCCCCCCCCCC(=O)OCCCC/C=C\CCCCCCC(=O)NC(CO)C(O)CCCCCCCCCCC. The molecule has 0 aromatic carbocycles. The van der Waals surface area contributed by atoms with Gasteiger partial charge < -0.3 is 20.3 Å². The molecule has 0 aliphatic carbocycles. The lowest BCUT2D eigenvalue weighted by Gasteiger charge is -2.22. The maximum absolute atomic E-state index is 12.3. The number of carbonyl (C=O) groups excluding carboxylic acids is 2. The first-order chi connectivity index (χ1) is 25.5. The van der Waals surface area contributed by atoms with Crippen LogP contribution in [-0.4, -0.2) is 47.4 Å². The molecule has 0 bridgehead atoms. The van der Waals surface area contributed by atoms with Crippen molar-refractivity contribution in [3.8, 4) is 0 Å². The van der Waals surface area contributed by atoms with Crippen molar-refractivity contribution in [2.45, 2.75) is 257 Å². The molecule has 3 N–H and O–H groups in total. The van der Waals surface area contributed by atoms with Gasteiger partial charge in [0.25, 0.3) is 0 Å². The van der Waals surface area contributed by atoms with Crippen molar-refractivity contribution >= 4 is 11.9 Å². The summed E-state index contributed by atoms with van der Waals surface area (Å²) < 4.78 is 5.43. The Morgan fingerprint density at radius 3 is 1.37 bits per heavy atom. The molecule has 2 atom stereocenters. The fourth-order valence-electron chi connectivity index (χ4n) is 6.98. The molecule has 52 heavy (non-hydrogen) atoms. The van der Waals surface area contributed by atoms with Crippen LogP contribution in [0.2, 0.25) is 0 Å². The monoisotopic (exact) mass is 736 g/mol. The number of carbonyl (C=O) groups is 2. The van der Waals surface area contributed by atoms with Gasteiger partial charge >= 0.3 is 5.97 Å². The van der Waals surface area contributed by atoms with Crippen molar-refractivity contribution in [3.05, 3.63) is 12.2 Å². The number of unbranched alkanes of at least 4 members (excludes halogenated alkanes) is 29. The van der Waals surface area contributed by atoms with Crippen LogP contribution in [0.3, 0.4) is 0 Å². The van der Waals surface area contributed by atoms with E-state index in [4.69, 9.17) is 4.74 Å². The molecule has 0 spiro atoms. The summed E-state index contributed by atoms with van der Waals surface area (Å²) in [5.74, 6) is -0.107. The third-order valence-corrected chi connectivity index (χ3v) is 10.6. The Morgan fingerprint density at radius 2 is 0.904 bits per heavy atom. The smallest absolute Gasteiger partial charge is 0.305 e. The lowest BCUT2D eigenvalue weighted by atomic mass is 10.0. The number of amides is 1. The number of aliphatic hydroxyl groups excluding tert-OH is 2. The molecule has 2 unspecified atom stereocenters. The van der Waals surface area contributed by atoms with Crippen LogP contribution in [0.1, 0.15) is 245 Å². The molecule has 0 rings (SSSR count). The normalized spacial score (nSPS) is 12.8. The molecular weight excluding hydrogens is 647 g/mol. The minimum absolute atomic E-state index is 0.0338. The van der Waals surface area contributed by atoms with Gasteiger partial charge in [-0.15, -0.1) is 0 Å². The second-order valence-electron chi connectivity index (χ2n) is 15.7. The first kappa shape index (κ1) is 50.6. The molecule has 0 aliphatic heterocycles. The van der Waals surface area contributed by atoms with Crippen LogP contribution in [-0.2, 0) is 14.3 Å². The summed E-state index contributed by atoms with van der Waals surface area (Å²) in [5, 5.41) is 23.0. The molecular formula is C46H89NO5. The predicted octanol–water partition coefficient (Wildman–Crippen LogP) is 13.0. The van der Waals surface area contributed by atoms with Gasteiger partial charge in [0.1, 0.15) is 0 Å². The lowest BCUT2D eigenvalue weighted by Crippen LogP contribution is -2.45. The molecule has 0 aromatic heterocycles. The van der Waals surface area contributed by atoms with Crippen LogP contribution >= 0.6 is 0 Å². The van der Waals surface area contributed by atoms with E-state index in [2.05, 4.69) is 31.3 Å². The van der Waals surface area contributed by atoms with E-state index in [1.54, 1.807) is 0 Å². The van der Waals surface area contributed by atoms with Crippen LogP contribution in [0.15, 0.2) is 12.2 Å². The Labute approximate surface area is 323 Å². The zero-order valence-electron chi connectivity index (χ0n) is 34.8. The van der Waals surface area contributed by atoms with Crippen molar-refractivity contribution in [1.82, 2.24) is 5.32 Å². The van der Waals surface area contributed by atoms with E-state index in [1.807, 2.05) is 0 Å². The topological polar surface area (TPSA) is 95.9 Å². The Kier molecular flexibility index (Phi) is 41.2. The largest absolute Gasteiger partial charge is 0.466 e. The number of rotatable bonds is 42. The number of hydrogen-bond donors (Lipinski definition) is 3. The standard InChI is InChI=1S/C46H89NO5/c1-3-5-7-9-11-13-14-15-16-17-18-19-24-28-32-36-40-46(51)52-41-37-33-29-25-21-20-23-27-31-35-39-45(50)47-43(42-48)44(49)38-34-30-26-22-12-10-8-6-4-2/h21,25,43-44,48-49H,3-20,22-24,26-42H2,1-2H3,(H,47,50)/b25-21-. The van der Waals surface area contributed by atoms with Gasteiger partial charge in [0.15, 0.2) is 0 Å². The molecule has 0 radical (unpaired) electrons. The quantitative estimate of drug-likeness (QED) is 0.0329. The third-order valence-electron chi connectivity index (χ3n) is 10.6. The second-order valence-corrected chi connectivity index (χ2v) is 15.7. The average molecular weight is 736 g/mol. The number of allylic oxidation sites excluding steroid dienone is 2. The van der Waals surface area contributed by atoms with E-state index in [-0.39, 0.29) is 18.5 Å². The fourth-order valence-corrected chi connectivity index (χ4v) is 6.98. The van der Waals surface area contributed by atoms with Gasteiger partial charge in [0.05, 0.1) is 25.4 Å². The third kappa shape index (κ3) is 38.3. The zero-order valence-corrected chi connectivity index (χ0v) is 34.8. The molecule has 0 fully saturated rings. The summed E-state index contributed by atoms with van der Waals surface area (Å²) in [5.41, 5.74) is 0. The van der Waals surface area contributed by atoms with Crippen LogP contribution in [0.4, 0.5) is 0 Å². The zero-order chi connectivity index (χ0) is 38.0. The van der Waals surface area contributed by atoms with Gasteiger partial charge in [-0.1, -0.05) is 193 Å². The number of ether oxygens (including phenoxy) is 1. The first-order valence-corrected chi connectivity index (χ1v) is 22.9. The van der Waals surface area contributed by atoms with Gasteiger partial charge in [-0.25, -0.2) is 0 Å². The summed E-state index contributed by atoms with van der Waals surface area (Å²) in [7, 11) is 0. The van der Waals surface area contributed by atoms with Crippen molar-refractivity contribution in [2.24, 2.45) is 0 Å². The van der Waals surface area contributed by atoms with Gasteiger partial charge in [0.2, 0.25) is 5.91 Å². The van der Waals surface area contributed by atoms with Gasteiger partial charge in [0, 0.05) is 12.8 Å². The van der Waals surface area contributed by atoms with E-state index in [0.717, 1.165) is 77.0 Å². The highest BCUT2D eigenvalue weighted by Gasteiger charge is 2.20. The molecule has 0 aliphatic rings. The molecule has 0 heterocycles. The highest BCUT2D eigenvalue weighted by Crippen LogP contribution is 2.15. The molecule has 6 nitrogen and oxygen atoms in total. The van der Waals surface area contributed by atoms with Crippen molar-refractivity contribution in [1.29, 1.82) is 0 Å². The van der Waals surface area contributed by atoms with Gasteiger partial charge in [-0.05, 0) is 51.4 Å². The van der Waals surface area contributed by atoms with E-state index in [1.165, 1.54) is 135 Å². The number of nitrogens with one attached hydrogen (secondary N) is 1. The van der Waals surface area contributed by atoms with Gasteiger partial charge in [-0.3, -0.25) is 9.59 Å². The van der Waals surface area contributed by atoms with E-state index >= 15 is 0 Å². The predicted molar refractivity (Wildman–Crippen MR) is 223 cm³/mol. The van der Waals surface area contributed by atoms with E-state index in [9.17, 15) is 19.8 Å². The molecule has 1 amide bonds. The fraction of sp³-hybridized carbons (Fsp3) is 0.913. The van der Waals surface area contributed by atoms with Crippen molar-refractivity contribution < 1.29 is 24.5 Å². The van der Waals surface area contributed by atoms with E-state index < -0.39 is 12.1 Å². The lowest BCUT2D eigenvalue weighted by molar-refractivity contribution is -0.143. The molecule has 6 heteroatoms. The summed E-state index contributed by atoms with van der Waals surface area (Å²) in [4.78, 5) is 24.4. The molecule has 0 saturated carbocycles. The number of esters is 1. The van der Waals surface area contributed by atoms with Gasteiger partial charge in [-0.2, -0.15) is 0 Å². The molecule has 0 aromatic rings. The Bertz CT molecular complexity index is 772. The minimum atomic E-state index is -0.682. The first-order valence-electron chi connectivity index (χ1n) is 22.9. The van der Waals surface area contributed by atoms with Crippen LogP contribution in [0.25, 0.3) is 0 Å². The average Bonchev–Trinajstić information content (AvgIpc) is 3.14. The molecule has 308 valence electrons. The highest BCUT2D eigenvalue weighted by atomic mass is 16.5. The van der Waals surface area contributed by atoms with Crippen LogP contribution in [0, 0.1) is 0 Å². The number of hydrogen-bond acceptors (Lipinski definition) is 5. The maximum Gasteiger partial charge on any atom is 0.305 e. The summed E-state index contributed by atoms with van der Waals surface area (Å²) in [6.07, 6.45) is 46.1. The van der Waals surface area contributed by atoms with E-state index in [0.29, 0.717) is 25.9 Å². The highest BCUT2D eigenvalue weighted by molar-refractivity contribution is 5.76. The van der Waals surface area contributed by atoms with Crippen LogP contribution < -0.4 is 5.32 Å². The summed E-state index contributed by atoms with van der Waals surface area (Å²) in [6, 6.07) is -0.563. The maximum atomic E-state index is 12.3.